The Kier molecular flexibility index (Phi) is 4.22. The fraction of sp³-hybridized carbons (Fsp3) is 0.727. The molecule has 1 heterocycles. The molecule has 0 spiro atoms. The summed E-state index contributed by atoms with van der Waals surface area (Å²) in [6, 6.07) is 0. The summed E-state index contributed by atoms with van der Waals surface area (Å²) < 4.78 is 6.57. The van der Waals surface area contributed by atoms with Crippen molar-refractivity contribution in [3.05, 3.63) is 11.6 Å². The van der Waals surface area contributed by atoms with E-state index in [1.165, 1.54) is 0 Å². The molecular formula is C11H19N3O3. The number of carbonyl (C=O) groups is 1. The van der Waals surface area contributed by atoms with E-state index in [9.17, 15) is 4.79 Å². The fourth-order valence-corrected chi connectivity index (χ4v) is 1.31. The Balaban J connectivity index is 2.98. The Morgan fingerprint density at radius 2 is 2.12 bits per heavy atom. The van der Waals surface area contributed by atoms with Crippen LogP contribution in [0.2, 0.25) is 0 Å². The van der Waals surface area contributed by atoms with Crippen LogP contribution in [0.25, 0.3) is 0 Å². The molecule has 0 saturated carbocycles. The van der Waals surface area contributed by atoms with Crippen LogP contribution in [0.3, 0.4) is 0 Å². The highest BCUT2D eigenvalue weighted by Crippen LogP contribution is 2.18. The molecule has 1 aromatic heterocycles. The van der Waals surface area contributed by atoms with Crippen LogP contribution in [0.15, 0.2) is 0 Å². The molecule has 0 saturated heterocycles. The summed E-state index contributed by atoms with van der Waals surface area (Å²) in [4.78, 5) is 15.0. The van der Waals surface area contributed by atoms with Gasteiger partial charge in [-0.3, -0.25) is 4.79 Å². The summed E-state index contributed by atoms with van der Waals surface area (Å²) in [5, 5.41) is 13.2. The summed E-state index contributed by atoms with van der Waals surface area (Å²) in [7, 11) is 1.60. The van der Waals surface area contributed by atoms with E-state index < -0.39 is 5.97 Å². The predicted molar refractivity (Wildman–Crippen MR) is 61.9 cm³/mol. The summed E-state index contributed by atoms with van der Waals surface area (Å²) in [6.45, 7) is 6.98. The molecular weight excluding hydrogens is 222 g/mol. The van der Waals surface area contributed by atoms with Gasteiger partial charge in [0, 0.05) is 12.5 Å². The quantitative estimate of drug-likeness (QED) is 0.827. The molecule has 17 heavy (non-hydrogen) atoms. The molecule has 0 amide bonds. The van der Waals surface area contributed by atoms with Gasteiger partial charge in [0.1, 0.15) is 12.2 Å². The van der Waals surface area contributed by atoms with E-state index in [0.29, 0.717) is 24.8 Å². The zero-order valence-electron chi connectivity index (χ0n) is 10.7. The van der Waals surface area contributed by atoms with Crippen molar-refractivity contribution in [2.75, 3.05) is 13.7 Å². The van der Waals surface area contributed by atoms with Gasteiger partial charge in [-0.05, 0) is 0 Å². The van der Waals surface area contributed by atoms with Crippen LogP contribution in [-0.4, -0.2) is 39.6 Å². The van der Waals surface area contributed by atoms with Gasteiger partial charge in [0.15, 0.2) is 5.82 Å². The smallest absolute Gasteiger partial charge is 0.311 e. The van der Waals surface area contributed by atoms with Crippen molar-refractivity contribution < 1.29 is 14.6 Å². The minimum absolute atomic E-state index is 0.118. The van der Waals surface area contributed by atoms with Gasteiger partial charge in [-0.2, -0.15) is 5.10 Å². The number of nitrogens with zero attached hydrogens (tertiary/aromatic N) is 3. The van der Waals surface area contributed by atoms with Gasteiger partial charge in [-0.1, -0.05) is 20.8 Å². The van der Waals surface area contributed by atoms with Gasteiger partial charge in [-0.25, -0.2) is 9.67 Å². The molecule has 0 atom stereocenters. The monoisotopic (exact) mass is 241 g/mol. The lowest BCUT2D eigenvalue weighted by molar-refractivity contribution is -0.136. The predicted octanol–water partition coefficient (Wildman–Crippen LogP) is 0.849. The topological polar surface area (TPSA) is 77.2 Å². The van der Waals surface area contributed by atoms with Crippen LogP contribution >= 0.6 is 0 Å². The number of hydrogen-bond donors (Lipinski definition) is 1. The van der Waals surface area contributed by atoms with Crippen LogP contribution < -0.4 is 0 Å². The SMILES string of the molecule is COCCn1nc(C(C)(C)C)nc1CC(=O)O. The second-order valence-electron chi connectivity index (χ2n) is 4.89. The summed E-state index contributed by atoms with van der Waals surface area (Å²) in [6.07, 6.45) is -0.118. The molecule has 0 radical (unpaired) electrons. The maximum atomic E-state index is 10.7. The van der Waals surface area contributed by atoms with Gasteiger partial charge in [0.05, 0.1) is 13.2 Å². The highest BCUT2D eigenvalue weighted by Gasteiger charge is 2.22. The Morgan fingerprint density at radius 3 is 2.59 bits per heavy atom. The molecule has 1 rings (SSSR count). The second-order valence-corrected chi connectivity index (χ2v) is 4.89. The first-order valence-electron chi connectivity index (χ1n) is 5.49. The van der Waals surface area contributed by atoms with Crippen molar-refractivity contribution in [2.24, 2.45) is 0 Å². The van der Waals surface area contributed by atoms with E-state index in [1.54, 1.807) is 11.8 Å². The van der Waals surface area contributed by atoms with E-state index in [2.05, 4.69) is 10.1 Å². The third-order valence-electron chi connectivity index (χ3n) is 2.24. The average molecular weight is 241 g/mol. The van der Waals surface area contributed by atoms with Crippen LogP contribution in [0.5, 0.6) is 0 Å². The number of rotatable bonds is 5. The minimum atomic E-state index is -0.906. The van der Waals surface area contributed by atoms with Gasteiger partial charge in [0.25, 0.3) is 0 Å². The van der Waals surface area contributed by atoms with Crippen molar-refractivity contribution >= 4 is 5.97 Å². The molecule has 0 fully saturated rings. The lowest BCUT2D eigenvalue weighted by atomic mass is 9.96. The lowest BCUT2D eigenvalue weighted by Gasteiger charge is -2.12. The molecule has 1 N–H and O–H groups in total. The van der Waals surface area contributed by atoms with Crippen molar-refractivity contribution in [1.29, 1.82) is 0 Å². The van der Waals surface area contributed by atoms with E-state index in [0.717, 1.165) is 0 Å². The van der Waals surface area contributed by atoms with E-state index in [-0.39, 0.29) is 11.8 Å². The number of carboxylic acid groups (broad SMARTS) is 1. The maximum Gasteiger partial charge on any atom is 0.311 e. The number of hydrogen-bond acceptors (Lipinski definition) is 4. The third-order valence-corrected chi connectivity index (χ3v) is 2.24. The number of ether oxygens (including phenoxy) is 1. The first-order chi connectivity index (χ1) is 7.84. The Hall–Kier alpha value is -1.43. The zero-order chi connectivity index (χ0) is 13.1. The Labute approximate surface area is 101 Å². The van der Waals surface area contributed by atoms with Crippen molar-refractivity contribution in [3.8, 4) is 0 Å². The van der Waals surface area contributed by atoms with Crippen LogP contribution in [0, 0.1) is 0 Å². The molecule has 0 aliphatic heterocycles. The Bertz CT molecular complexity index is 393. The van der Waals surface area contributed by atoms with Gasteiger partial charge in [0.2, 0.25) is 0 Å². The standard InChI is InChI=1S/C11H19N3O3/c1-11(2,3)10-12-8(7-9(15)16)14(13-10)5-6-17-4/h5-7H2,1-4H3,(H,15,16). The normalized spacial score (nSPS) is 11.8. The number of aromatic nitrogens is 3. The van der Waals surface area contributed by atoms with Crippen LogP contribution in [0.1, 0.15) is 32.4 Å². The second kappa shape index (κ2) is 5.27. The number of carboxylic acids is 1. The van der Waals surface area contributed by atoms with Crippen LogP contribution in [0.4, 0.5) is 0 Å². The molecule has 0 bridgehead atoms. The molecule has 6 nitrogen and oxygen atoms in total. The molecule has 6 heteroatoms. The molecule has 0 aliphatic rings. The minimum Gasteiger partial charge on any atom is -0.481 e. The largest absolute Gasteiger partial charge is 0.481 e. The van der Waals surface area contributed by atoms with Crippen molar-refractivity contribution in [1.82, 2.24) is 14.8 Å². The molecule has 0 aliphatic carbocycles. The highest BCUT2D eigenvalue weighted by molar-refractivity contribution is 5.69. The summed E-state index contributed by atoms with van der Waals surface area (Å²) >= 11 is 0. The van der Waals surface area contributed by atoms with Crippen molar-refractivity contribution in [3.63, 3.8) is 0 Å². The van der Waals surface area contributed by atoms with E-state index in [1.807, 2.05) is 20.8 Å². The summed E-state index contributed by atoms with van der Waals surface area (Å²) in [5.74, 6) is 0.223. The van der Waals surface area contributed by atoms with Gasteiger partial charge in [-0.15, -0.1) is 0 Å². The molecule has 1 aromatic rings. The first kappa shape index (κ1) is 13.6. The van der Waals surface area contributed by atoms with E-state index in [4.69, 9.17) is 9.84 Å². The van der Waals surface area contributed by atoms with Crippen LogP contribution in [-0.2, 0) is 27.9 Å². The van der Waals surface area contributed by atoms with E-state index >= 15 is 0 Å². The fourth-order valence-electron chi connectivity index (χ4n) is 1.31. The average Bonchev–Trinajstić information content (AvgIpc) is 2.56. The highest BCUT2D eigenvalue weighted by atomic mass is 16.5. The molecule has 0 aromatic carbocycles. The Morgan fingerprint density at radius 1 is 1.47 bits per heavy atom. The number of aliphatic carboxylic acids is 1. The lowest BCUT2D eigenvalue weighted by Crippen LogP contribution is -2.15. The van der Waals surface area contributed by atoms with Gasteiger partial charge >= 0.3 is 5.97 Å². The number of methoxy groups -OCH3 is 1. The first-order valence-corrected chi connectivity index (χ1v) is 5.49. The molecule has 96 valence electrons. The summed E-state index contributed by atoms with van der Waals surface area (Å²) in [5.41, 5.74) is -0.189. The van der Waals surface area contributed by atoms with Gasteiger partial charge < -0.3 is 9.84 Å². The molecule has 0 unspecified atom stereocenters. The zero-order valence-corrected chi connectivity index (χ0v) is 10.7. The van der Waals surface area contributed by atoms with Crippen molar-refractivity contribution in [2.45, 2.75) is 39.2 Å². The third kappa shape index (κ3) is 3.81. The maximum absolute atomic E-state index is 10.7.